The van der Waals surface area contributed by atoms with Gasteiger partial charge in [-0.1, -0.05) is 106 Å². The SMILES string of the molecule is C=C(C)C(=O)OCC(COC(=O)C(=C)CO)c1ccc2cc(-c3ccc4cc(C5CCC(CCCCC)CC5)ccc4c3)ccc2c1. The van der Waals surface area contributed by atoms with E-state index in [1.807, 2.05) is 18.2 Å². The maximum atomic E-state index is 12.2. The third-order valence-electron chi connectivity index (χ3n) is 9.73. The summed E-state index contributed by atoms with van der Waals surface area (Å²) in [7, 11) is 0. The van der Waals surface area contributed by atoms with Crippen LogP contribution < -0.4 is 0 Å². The summed E-state index contributed by atoms with van der Waals surface area (Å²) in [6.45, 7) is 10.6. The average molecular weight is 633 g/mol. The van der Waals surface area contributed by atoms with E-state index in [4.69, 9.17) is 9.47 Å². The number of carbonyl (C=O) groups excluding carboxylic acids is 2. The number of rotatable bonds is 14. The lowest BCUT2D eigenvalue weighted by atomic mass is 9.76. The van der Waals surface area contributed by atoms with Crippen LogP contribution in [0.2, 0.25) is 0 Å². The third-order valence-corrected chi connectivity index (χ3v) is 9.73. The van der Waals surface area contributed by atoms with Crippen molar-refractivity contribution < 1.29 is 24.2 Å². The van der Waals surface area contributed by atoms with Gasteiger partial charge in [0.2, 0.25) is 0 Å². The first kappa shape index (κ1) is 34.1. The number of fused-ring (bicyclic) bond motifs is 2. The van der Waals surface area contributed by atoms with Crippen molar-refractivity contribution in [2.24, 2.45) is 5.92 Å². The predicted octanol–water partition coefficient (Wildman–Crippen LogP) is 9.81. The minimum absolute atomic E-state index is 0.0211. The van der Waals surface area contributed by atoms with Crippen molar-refractivity contribution in [3.05, 3.63) is 108 Å². The molecule has 1 saturated carbocycles. The lowest BCUT2D eigenvalue weighted by molar-refractivity contribution is -0.142. The molecular formula is C42H48O5. The van der Waals surface area contributed by atoms with E-state index in [0.717, 1.165) is 27.8 Å². The molecule has 0 bridgehead atoms. The average Bonchev–Trinajstić information content (AvgIpc) is 3.10. The standard InChI is InChI=1S/C42H48O5/c1-5-6-7-8-30-9-11-31(12-10-30)32-13-14-34-22-35(16-15-33(34)21-32)36-17-18-38-24-39(20-19-37(38)23-36)40(26-46-41(44)28(2)3)27-47-42(45)29(4)25-43/h13-24,30-31,40,43H,2,4-12,25-27H2,1,3H3. The quantitative estimate of drug-likeness (QED) is 0.0851. The number of esters is 2. The molecule has 5 nitrogen and oxygen atoms in total. The largest absolute Gasteiger partial charge is 0.462 e. The van der Waals surface area contributed by atoms with Crippen LogP contribution in [0.15, 0.2) is 97.1 Å². The molecule has 0 spiro atoms. The van der Waals surface area contributed by atoms with Crippen LogP contribution >= 0.6 is 0 Å². The summed E-state index contributed by atoms with van der Waals surface area (Å²) in [6, 6.07) is 26.2. The Morgan fingerprint density at radius 3 is 1.96 bits per heavy atom. The van der Waals surface area contributed by atoms with E-state index >= 15 is 0 Å². The van der Waals surface area contributed by atoms with Crippen LogP contribution in [0.1, 0.15) is 88.2 Å². The molecule has 0 heterocycles. The molecular weight excluding hydrogens is 584 g/mol. The van der Waals surface area contributed by atoms with Crippen LogP contribution in [0.25, 0.3) is 32.7 Å². The first-order valence-electron chi connectivity index (χ1n) is 17.1. The van der Waals surface area contributed by atoms with Gasteiger partial charge in [0.15, 0.2) is 0 Å². The summed E-state index contributed by atoms with van der Waals surface area (Å²) in [6.07, 6.45) is 10.8. The number of aliphatic hydroxyl groups excluding tert-OH is 1. The zero-order valence-corrected chi connectivity index (χ0v) is 27.9. The summed E-state index contributed by atoms with van der Waals surface area (Å²) in [4.78, 5) is 24.3. The summed E-state index contributed by atoms with van der Waals surface area (Å²) in [5, 5.41) is 13.9. The van der Waals surface area contributed by atoms with Crippen molar-refractivity contribution in [3.63, 3.8) is 0 Å². The Hall–Kier alpha value is -4.22. The fourth-order valence-electron chi connectivity index (χ4n) is 6.75. The van der Waals surface area contributed by atoms with Crippen LogP contribution in [0.3, 0.4) is 0 Å². The summed E-state index contributed by atoms with van der Waals surface area (Å²) < 4.78 is 10.8. The van der Waals surface area contributed by atoms with Gasteiger partial charge in [-0.3, -0.25) is 0 Å². The molecule has 0 aromatic heterocycles. The van der Waals surface area contributed by atoms with Crippen molar-refractivity contribution >= 4 is 33.5 Å². The summed E-state index contributed by atoms with van der Waals surface area (Å²) >= 11 is 0. The minimum Gasteiger partial charge on any atom is -0.462 e. The summed E-state index contributed by atoms with van der Waals surface area (Å²) in [5.74, 6) is 0.0188. The molecule has 1 fully saturated rings. The molecule has 1 atom stereocenters. The van der Waals surface area contributed by atoms with Gasteiger partial charge in [0.25, 0.3) is 0 Å². The van der Waals surface area contributed by atoms with Crippen LogP contribution in [0.5, 0.6) is 0 Å². The lowest BCUT2D eigenvalue weighted by Crippen LogP contribution is -2.21. The van der Waals surface area contributed by atoms with Gasteiger partial charge in [-0.2, -0.15) is 0 Å². The number of benzene rings is 4. The number of ether oxygens (including phenoxy) is 2. The van der Waals surface area contributed by atoms with E-state index in [0.29, 0.717) is 11.5 Å². The molecule has 1 aliphatic rings. The van der Waals surface area contributed by atoms with E-state index in [9.17, 15) is 14.7 Å². The molecule has 5 rings (SSSR count). The topological polar surface area (TPSA) is 72.8 Å². The second-order valence-corrected chi connectivity index (χ2v) is 13.3. The number of unbranched alkanes of at least 4 members (excludes halogenated alkanes) is 2. The molecule has 0 radical (unpaired) electrons. The van der Waals surface area contributed by atoms with Crippen LogP contribution in [0, 0.1) is 5.92 Å². The maximum absolute atomic E-state index is 12.2. The van der Waals surface area contributed by atoms with Crippen molar-refractivity contribution in [2.45, 2.75) is 77.0 Å². The molecule has 4 aromatic carbocycles. The number of aliphatic hydroxyl groups is 1. The van der Waals surface area contributed by atoms with Crippen molar-refractivity contribution in [1.29, 1.82) is 0 Å². The molecule has 0 amide bonds. The highest BCUT2D eigenvalue weighted by Gasteiger charge is 2.23. The van der Waals surface area contributed by atoms with Crippen molar-refractivity contribution in [2.75, 3.05) is 19.8 Å². The zero-order chi connectivity index (χ0) is 33.3. The normalized spacial score (nSPS) is 16.9. The van der Waals surface area contributed by atoms with Crippen molar-refractivity contribution in [3.8, 4) is 11.1 Å². The van der Waals surface area contributed by atoms with Gasteiger partial charge >= 0.3 is 11.9 Å². The Balaban J connectivity index is 1.30. The highest BCUT2D eigenvalue weighted by Crippen LogP contribution is 2.39. The molecule has 47 heavy (non-hydrogen) atoms. The zero-order valence-electron chi connectivity index (χ0n) is 27.9. The van der Waals surface area contributed by atoms with Gasteiger partial charge < -0.3 is 14.6 Å². The Kier molecular flexibility index (Phi) is 11.7. The molecule has 1 N–H and O–H groups in total. The maximum Gasteiger partial charge on any atom is 0.335 e. The van der Waals surface area contributed by atoms with Crippen molar-refractivity contribution in [1.82, 2.24) is 0 Å². The van der Waals surface area contributed by atoms with E-state index in [1.54, 1.807) is 6.92 Å². The van der Waals surface area contributed by atoms with Gasteiger partial charge in [0.05, 0.1) is 18.1 Å². The molecule has 246 valence electrons. The van der Waals surface area contributed by atoms with Gasteiger partial charge in [-0.15, -0.1) is 0 Å². The monoisotopic (exact) mass is 632 g/mol. The van der Waals surface area contributed by atoms with Crippen LogP contribution in [-0.4, -0.2) is 36.9 Å². The van der Waals surface area contributed by atoms with Gasteiger partial charge in [0.1, 0.15) is 13.2 Å². The first-order valence-corrected chi connectivity index (χ1v) is 17.1. The highest BCUT2D eigenvalue weighted by molar-refractivity contribution is 5.92. The van der Waals surface area contributed by atoms with E-state index < -0.39 is 24.5 Å². The molecule has 4 aromatic rings. The van der Waals surface area contributed by atoms with Gasteiger partial charge in [-0.25, -0.2) is 9.59 Å². The van der Waals surface area contributed by atoms with Crippen LogP contribution in [-0.2, 0) is 19.1 Å². The third kappa shape index (κ3) is 8.78. The van der Waals surface area contributed by atoms with Gasteiger partial charge in [-0.05, 0) is 100 Å². The second-order valence-electron chi connectivity index (χ2n) is 13.3. The highest BCUT2D eigenvalue weighted by atomic mass is 16.5. The first-order chi connectivity index (χ1) is 22.7. The Morgan fingerprint density at radius 1 is 0.766 bits per heavy atom. The Bertz CT molecular complexity index is 1740. The fraction of sp³-hybridized carbons (Fsp3) is 0.381. The van der Waals surface area contributed by atoms with Gasteiger partial charge in [0, 0.05) is 5.57 Å². The number of carbonyl (C=O) groups is 2. The number of hydrogen-bond donors (Lipinski definition) is 1. The second kappa shape index (κ2) is 16.1. The molecule has 5 heteroatoms. The molecule has 0 aliphatic heterocycles. The molecule has 1 aliphatic carbocycles. The minimum atomic E-state index is -0.680. The Labute approximate surface area is 279 Å². The predicted molar refractivity (Wildman–Crippen MR) is 191 cm³/mol. The lowest BCUT2D eigenvalue weighted by Gasteiger charge is -2.29. The Morgan fingerprint density at radius 2 is 1.34 bits per heavy atom. The summed E-state index contributed by atoms with van der Waals surface area (Å²) in [5.41, 5.74) is 4.93. The van der Waals surface area contributed by atoms with E-state index in [2.05, 4.69) is 74.7 Å². The van der Waals surface area contributed by atoms with E-state index in [-0.39, 0.29) is 18.8 Å². The smallest absolute Gasteiger partial charge is 0.335 e. The molecule has 1 unspecified atom stereocenters. The fourth-order valence-corrected chi connectivity index (χ4v) is 6.75. The molecule has 0 saturated heterocycles. The number of hydrogen-bond acceptors (Lipinski definition) is 5. The van der Waals surface area contributed by atoms with E-state index in [1.165, 1.54) is 73.3 Å². The van der Waals surface area contributed by atoms with Crippen LogP contribution in [0.4, 0.5) is 0 Å².